The van der Waals surface area contributed by atoms with E-state index < -0.39 is 0 Å². The van der Waals surface area contributed by atoms with Gasteiger partial charge in [0.2, 0.25) is 0 Å². The predicted octanol–water partition coefficient (Wildman–Crippen LogP) is 2.46. The van der Waals surface area contributed by atoms with Gasteiger partial charge in [-0.2, -0.15) is 0 Å². The van der Waals surface area contributed by atoms with E-state index in [1.54, 1.807) is 0 Å². The fraction of sp³-hybridized carbons (Fsp3) is 0.600. The van der Waals surface area contributed by atoms with Crippen LogP contribution < -0.4 is 5.32 Å². The Hall–Kier alpha value is -0.720. The Kier molecular flexibility index (Phi) is 2.38. The lowest BCUT2D eigenvalue weighted by molar-refractivity contribution is 0.486. The van der Waals surface area contributed by atoms with Gasteiger partial charge in [-0.05, 0) is 43.2 Å². The molecule has 62 valence electrons. The zero-order valence-electron chi connectivity index (χ0n) is 7.81. The maximum absolute atomic E-state index is 3.36. The van der Waals surface area contributed by atoms with Gasteiger partial charge in [0.25, 0.3) is 0 Å². The Morgan fingerprint density at radius 3 is 2.45 bits per heavy atom. The van der Waals surface area contributed by atoms with Gasteiger partial charge in [-0.25, -0.2) is 0 Å². The molecule has 0 fully saturated rings. The molecule has 1 heteroatoms. The highest BCUT2D eigenvalue weighted by atomic mass is 14.9. The highest BCUT2D eigenvalue weighted by molar-refractivity contribution is 5.30. The third-order valence-corrected chi connectivity index (χ3v) is 2.36. The second-order valence-corrected chi connectivity index (χ2v) is 3.59. The number of hydrogen-bond acceptors (Lipinski definition) is 1. The fourth-order valence-corrected chi connectivity index (χ4v) is 1.47. The highest BCUT2D eigenvalue weighted by Crippen LogP contribution is 2.19. The number of dihydropyridines is 1. The Labute approximate surface area is 69.2 Å². The molecule has 1 rings (SSSR count). The van der Waals surface area contributed by atoms with Gasteiger partial charge in [0, 0.05) is 6.04 Å². The van der Waals surface area contributed by atoms with E-state index in [1.165, 1.54) is 11.1 Å². The van der Waals surface area contributed by atoms with Crippen LogP contribution in [0.1, 0.15) is 27.7 Å². The molecule has 0 spiro atoms. The fourth-order valence-electron chi connectivity index (χ4n) is 1.47. The van der Waals surface area contributed by atoms with Crippen molar-refractivity contribution >= 4 is 0 Å². The second kappa shape index (κ2) is 3.12. The van der Waals surface area contributed by atoms with Gasteiger partial charge >= 0.3 is 0 Å². The van der Waals surface area contributed by atoms with Crippen LogP contribution in [-0.4, -0.2) is 6.04 Å². The average molecular weight is 151 g/mol. The summed E-state index contributed by atoms with van der Waals surface area (Å²) < 4.78 is 0. The van der Waals surface area contributed by atoms with Crippen LogP contribution in [0, 0.1) is 5.92 Å². The van der Waals surface area contributed by atoms with Crippen LogP contribution in [0.5, 0.6) is 0 Å². The molecule has 1 atom stereocenters. The van der Waals surface area contributed by atoms with Crippen molar-refractivity contribution in [3.8, 4) is 0 Å². The van der Waals surface area contributed by atoms with Gasteiger partial charge in [0.15, 0.2) is 0 Å². The van der Waals surface area contributed by atoms with Gasteiger partial charge in [-0.15, -0.1) is 0 Å². The van der Waals surface area contributed by atoms with Gasteiger partial charge in [-0.1, -0.05) is 13.8 Å². The van der Waals surface area contributed by atoms with Gasteiger partial charge in [0.05, 0.1) is 0 Å². The van der Waals surface area contributed by atoms with E-state index in [0.29, 0.717) is 12.0 Å². The van der Waals surface area contributed by atoms with Crippen molar-refractivity contribution in [2.24, 2.45) is 5.92 Å². The summed E-state index contributed by atoms with van der Waals surface area (Å²) in [4.78, 5) is 0. The minimum absolute atomic E-state index is 0.542. The maximum Gasteiger partial charge on any atom is 0.0494 e. The summed E-state index contributed by atoms with van der Waals surface area (Å²) in [6.07, 6.45) is 4.18. The van der Waals surface area contributed by atoms with Crippen LogP contribution in [0.25, 0.3) is 0 Å². The van der Waals surface area contributed by atoms with Crippen molar-refractivity contribution in [1.29, 1.82) is 0 Å². The number of rotatable bonds is 1. The molecule has 1 unspecified atom stereocenters. The third-order valence-electron chi connectivity index (χ3n) is 2.36. The molecule has 0 radical (unpaired) electrons. The lowest BCUT2D eigenvalue weighted by Crippen LogP contribution is -2.33. The first-order valence-corrected chi connectivity index (χ1v) is 4.23. The highest BCUT2D eigenvalue weighted by Gasteiger charge is 2.16. The molecular weight excluding hydrogens is 134 g/mol. The second-order valence-electron chi connectivity index (χ2n) is 3.59. The molecule has 1 nitrogen and oxygen atoms in total. The zero-order chi connectivity index (χ0) is 8.43. The summed E-state index contributed by atoms with van der Waals surface area (Å²) in [6.45, 7) is 8.86. The SMILES string of the molecule is CC1=C(C)C(C(C)C)NC=C1. The third kappa shape index (κ3) is 1.65. The average Bonchev–Trinajstić information content (AvgIpc) is 1.94. The molecule has 1 aliphatic heterocycles. The Morgan fingerprint density at radius 1 is 1.36 bits per heavy atom. The van der Waals surface area contributed by atoms with Crippen molar-refractivity contribution in [3.05, 3.63) is 23.4 Å². The van der Waals surface area contributed by atoms with Gasteiger partial charge in [-0.3, -0.25) is 0 Å². The van der Waals surface area contributed by atoms with Gasteiger partial charge < -0.3 is 5.32 Å². The molecule has 1 heterocycles. The predicted molar refractivity (Wildman–Crippen MR) is 49.3 cm³/mol. The van der Waals surface area contributed by atoms with Crippen LogP contribution in [0.4, 0.5) is 0 Å². The first-order chi connectivity index (χ1) is 5.13. The molecule has 0 aromatic carbocycles. The van der Waals surface area contributed by atoms with E-state index in [2.05, 4.69) is 39.1 Å². The molecule has 0 saturated heterocycles. The van der Waals surface area contributed by atoms with E-state index >= 15 is 0 Å². The lowest BCUT2D eigenvalue weighted by Gasteiger charge is -2.26. The number of nitrogens with one attached hydrogen (secondary N) is 1. The molecule has 0 aliphatic carbocycles. The monoisotopic (exact) mass is 151 g/mol. The molecule has 1 aliphatic rings. The topological polar surface area (TPSA) is 12.0 Å². The molecule has 0 amide bonds. The van der Waals surface area contributed by atoms with E-state index in [0.717, 1.165) is 0 Å². The summed E-state index contributed by atoms with van der Waals surface area (Å²) in [5, 5.41) is 3.36. The largest absolute Gasteiger partial charge is 0.384 e. The Bertz CT molecular complexity index is 199. The van der Waals surface area contributed by atoms with Crippen LogP contribution in [0.2, 0.25) is 0 Å². The summed E-state index contributed by atoms with van der Waals surface area (Å²) in [6, 6.07) is 0.542. The standard InChI is InChI=1S/C10H17N/c1-7(2)10-9(4)8(3)5-6-11-10/h5-7,10-11H,1-4H3. The lowest BCUT2D eigenvalue weighted by atomic mass is 9.92. The van der Waals surface area contributed by atoms with Gasteiger partial charge in [0.1, 0.15) is 0 Å². The number of hydrogen-bond donors (Lipinski definition) is 1. The number of allylic oxidation sites excluding steroid dienone is 2. The minimum Gasteiger partial charge on any atom is -0.384 e. The van der Waals surface area contributed by atoms with Crippen LogP contribution in [-0.2, 0) is 0 Å². The van der Waals surface area contributed by atoms with Crippen molar-refractivity contribution in [2.45, 2.75) is 33.7 Å². The minimum atomic E-state index is 0.542. The van der Waals surface area contributed by atoms with Crippen molar-refractivity contribution in [3.63, 3.8) is 0 Å². The summed E-state index contributed by atoms with van der Waals surface area (Å²) >= 11 is 0. The molecule has 0 bridgehead atoms. The zero-order valence-corrected chi connectivity index (χ0v) is 7.81. The molecule has 0 aromatic heterocycles. The molecular formula is C10H17N. The van der Waals surface area contributed by atoms with Crippen LogP contribution in [0.15, 0.2) is 23.4 Å². The molecule has 0 aromatic rings. The van der Waals surface area contributed by atoms with Crippen molar-refractivity contribution in [2.75, 3.05) is 0 Å². The van der Waals surface area contributed by atoms with E-state index in [9.17, 15) is 0 Å². The summed E-state index contributed by atoms with van der Waals surface area (Å²) in [5.74, 6) is 0.676. The van der Waals surface area contributed by atoms with Crippen molar-refractivity contribution in [1.82, 2.24) is 5.32 Å². The Morgan fingerprint density at radius 2 is 2.00 bits per heavy atom. The first kappa shape index (κ1) is 8.38. The van der Waals surface area contributed by atoms with E-state index in [-0.39, 0.29) is 0 Å². The Balaban J connectivity index is 2.81. The normalized spacial score (nSPS) is 24.3. The van der Waals surface area contributed by atoms with E-state index in [1.807, 2.05) is 6.20 Å². The summed E-state index contributed by atoms with van der Waals surface area (Å²) in [7, 11) is 0. The van der Waals surface area contributed by atoms with Crippen molar-refractivity contribution < 1.29 is 0 Å². The smallest absolute Gasteiger partial charge is 0.0494 e. The van der Waals surface area contributed by atoms with E-state index in [4.69, 9.17) is 0 Å². The first-order valence-electron chi connectivity index (χ1n) is 4.23. The molecule has 0 saturated carbocycles. The summed E-state index contributed by atoms with van der Waals surface area (Å²) in [5.41, 5.74) is 2.88. The van der Waals surface area contributed by atoms with Crippen LogP contribution >= 0.6 is 0 Å². The molecule has 1 N–H and O–H groups in total. The quantitative estimate of drug-likeness (QED) is 0.607. The van der Waals surface area contributed by atoms with Crippen LogP contribution in [0.3, 0.4) is 0 Å². The maximum atomic E-state index is 3.36. The molecule has 11 heavy (non-hydrogen) atoms.